The zero-order valence-corrected chi connectivity index (χ0v) is 11.0. The molecule has 1 fully saturated rings. The van der Waals surface area contributed by atoms with E-state index < -0.39 is 0 Å². The fourth-order valence-electron chi connectivity index (χ4n) is 2.19. The molecule has 0 aromatic heterocycles. The first-order valence-electron chi connectivity index (χ1n) is 5.04. The smallest absolute Gasteiger partial charge is 0.105 e. The first kappa shape index (κ1) is 9.90. The van der Waals surface area contributed by atoms with Crippen molar-refractivity contribution in [1.82, 2.24) is 4.90 Å². The number of nitrogens with zero attached hydrogens (tertiary/aromatic N) is 2. The van der Waals surface area contributed by atoms with Gasteiger partial charge in [-0.1, -0.05) is 11.6 Å². The highest BCUT2D eigenvalue weighted by Gasteiger charge is 2.25. The van der Waals surface area contributed by atoms with Gasteiger partial charge in [0.25, 0.3) is 0 Å². The molecule has 2 aliphatic rings. The summed E-state index contributed by atoms with van der Waals surface area (Å²) in [5.74, 6) is 1.24. The van der Waals surface area contributed by atoms with Crippen molar-refractivity contribution in [3.8, 4) is 0 Å². The Morgan fingerprint density at radius 2 is 2.27 bits per heavy atom. The minimum Gasteiger partial charge on any atom is -0.356 e. The van der Waals surface area contributed by atoms with E-state index in [1.165, 1.54) is 21.4 Å². The first-order valence-corrected chi connectivity index (χ1v) is 6.50. The Kier molecular flexibility index (Phi) is 2.39. The fraction of sp³-hybridized carbons (Fsp3) is 0.364. The fourth-order valence-corrected chi connectivity index (χ4v) is 3.37. The van der Waals surface area contributed by atoms with Crippen LogP contribution in [0.2, 0.25) is 5.02 Å². The molecule has 0 N–H and O–H groups in total. The summed E-state index contributed by atoms with van der Waals surface area (Å²) in [6.07, 6.45) is 2.35. The predicted molar refractivity (Wildman–Crippen MR) is 70.9 cm³/mol. The molecule has 2 nitrogen and oxygen atoms in total. The highest BCUT2D eigenvalue weighted by molar-refractivity contribution is 14.1. The van der Waals surface area contributed by atoms with Gasteiger partial charge in [0, 0.05) is 33.7 Å². The molecule has 0 saturated carbocycles. The standard InChI is InChI=1S/C11H10ClIN2/c12-7-4-9(13)8-6-15-3-1-2-11(15)14-10(8)5-7/h4-5H,1-3,6H2. The van der Waals surface area contributed by atoms with Crippen LogP contribution in [0.3, 0.4) is 0 Å². The van der Waals surface area contributed by atoms with Crippen LogP contribution in [-0.4, -0.2) is 17.3 Å². The Morgan fingerprint density at radius 3 is 3.13 bits per heavy atom. The largest absolute Gasteiger partial charge is 0.356 e. The van der Waals surface area contributed by atoms with Gasteiger partial charge in [0.05, 0.1) is 5.69 Å². The molecule has 0 unspecified atom stereocenters. The van der Waals surface area contributed by atoms with Crippen LogP contribution in [0.25, 0.3) is 0 Å². The summed E-state index contributed by atoms with van der Waals surface area (Å²) in [6, 6.07) is 3.99. The van der Waals surface area contributed by atoms with Crippen molar-refractivity contribution in [2.75, 3.05) is 6.54 Å². The van der Waals surface area contributed by atoms with E-state index in [2.05, 4.69) is 32.5 Å². The molecule has 0 aliphatic carbocycles. The van der Waals surface area contributed by atoms with Gasteiger partial charge in [-0.3, -0.25) is 0 Å². The van der Waals surface area contributed by atoms with E-state index in [0.29, 0.717) is 0 Å². The number of hydrogen-bond acceptors (Lipinski definition) is 2. The lowest BCUT2D eigenvalue weighted by molar-refractivity contribution is 0.442. The van der Waals surface area contributed by atoms with Gasteiger partial charge in [0.1, 0.15) is 5.84 Å². The average molecular weight is 333 g/mol. The van der Waals surface area contributed by atoms with Crippen LogP contribution in [0.4, 0.5) is 5.69 Å². The monoisotopic (exact) mass is 332 g/mol. The summed E-state index contributed by atoms with van der Waals surface area (Å²) >= 11 is 8.38. The molecule has 78 valence electrons. The predicted octanol–water partition coefficient (Wildman–Crippen LogP) is 3.58. The lowest BCUT2D eigenvalue weighted by Gasteiger charge is -2.25. The Bertz CT molecular complexity index is 456. The van der Waals surface area contributed by atoms with Gasteiger partial charge in [-0.05, 0) is 41.1 Å². The molecule has 0 atom stereocenters. The molecule has 0 radical (unpaired) electrons. The first-order chi connectivity index (χ1) is 7.24. The second-order valence-corrected chi connectivity index (χ2v) is 5.54. The van der Waals surface area contributed by atoms with E-state index in [9.17, 15) is 0 Å². The van der Waals surface area contributed by atoms with Gasteiger partial charge in [0.2, 0.25) is 0 Å². The van der Waals surface area contributed by atoms with Crippen LogP contribution < -0.4 is 0 Å². The normalized spacial score (nSPS) is 18.5. The third-order valence-electron chi connectivity index (χ3n) is 2.93. The van der Waals surface area contributed by atoms with Gasteiger partial charge < -0.3 is 4.90 Å². The second kappa shape index (κ2) is 3.63. The number of halogens is 2. The van der Waals surface area contributed by atoms with E-state index in [0.717, 1.165) is 30.2 Å². The van der Waals surface area contributed by atoms with Gasteiger partial charge in [0.15, 0.2) is 0 Å². The number of fused-ring (bicyclic) bond motifs is 2. The summed E-state index contributed by atoms with van der Waals surface area (Å²) in [6.45, 7) is 2.15. The van der Waals surface area contributed by atoms with Crippen molar-refractivity contribution in [3.05, 3.63) is 26.3 Å². The third kappa shape index (κ3) is 1.65. The van der Waals surface area contributed by atoms with Crippen molar-refractivity contribution in [1.29, 1.82) is 0 Å². The molecule has 2 heterocycles. The lowest BCUT2D eigenvalue weighted by Crippen LogP contribution is -2.27. The molecule has 0 bridgehead atoms. The number of hydrogen-bond donors (Lipinski definition) is 0. The summed E-state index contributed by atoms with van der Waals surface area (Å²) in [5.41, 5.74) is 2.39. The van der Waals surface area contributed by atoms with E-state index in [4.69, 9.17) is 11.6 Å². The number of aliphatic imine (C=N–C) groups is 1. The van der Waals surface area contributed by atoms with Gasteiger partial charge in [-0.2, -0.15) is 0 Å². The van der Waals surface area contributed by atoms with Crippen molar-refractivity contribution >= 4 is 45.7 Å². The Balaban J connectivity index is 2.15. The second-order valence-electron chi connectivity index (χ2n) is 3.94. The Morgan fingerprint density at radius 1 is 1.40 bits per heavy atom. The minimum atomic E-state index is 0.786. The molecule has 0 amide bonds. The van der Waals surface area contributed by atoms with Crippen molar-refractivity contribution < 1.29 is 0 Å². The molecular formula is C11H10ClIN2. The molecule has 4 heteroatoms. The number of amidine groups is 1. The van der Waals surface area contributed by atoms with E-state index in [1.807, 2.05) is 12.1 Å². The Labute approximate surface area is 107 Å². The highest BCUT2D eigenvalue weighted by atomic mass is 127. The number of rotatable bonds is 0. The maximum Gasteiger partial charge on any atom is 0.105 e. The van der Waals surface area contributed by atoms with Crippen LogP contribution in [-0.2, 0) is 6.54 Å². The summed E-state index contributed by atoms with van der Waals surface area (Å²) < 4.78 is 1.23. The molecule has 15 heavy (non-hydrogen) atoms. The van der Waals surface area contributed by atoms with Crippen molar-refractivity contribution in [2.45, 2.75) is 19.4 Å². The molecule has 1 aromatic rings. The maximum absolute atomic E-state index is 6.04. The van der Waals surface area contributed by atoms with Crippen LogP contribution in [0, 0.1) is 3.57 Å². The van der Waals surface area contributed by atoms with E-state index in [-0.39, 0.29) is 0 Å². The highest BCUT2D eigenvalue weighted by Crippen LogP contribution is 2.35. The van der Waals surface area contributed by atoms with Crippen LogP contribution >= 0.6 is 34.2 Å². The SMILES string of the molecule is Clc1cc(I)c2c(c1)N=C1CCCN1C2. The lowest BCUT2D eigenvalue weighted by atomic mass is 10.1. The van der Waals surface area contributed by atoms with Crippen LogP contribution in [0.1, 0.15) is 18.4 Å². The molecule has 3 rings (SSSR count). The maximum atomic E-state index is 6.04. The topological polar surface area (TPSA) is 15.6 Å². The zero-order valence-electron chi connectivity index (χ0n) is 8.13. The Hall–Kier alpha value is -0.290. The van der Waals surface area contributed by atoms with Crippen molar-refractivity contribution in [2.24, 2.45) is 4.99 Å². The van der Waals surface area contributed by atoms with Crippen molar-refractivity contribution in [3.63, 3.8) is 0 Å². The van der Waals surface area contributed by atoms with Gasteiger partial charge >= 0.3 is 0 Å². The molecule has 1 aromatic carbocycles. The summed E-state index contributed by atoms with van der Waals surface area (Å²) in [7, 11) is 0. The quantitative estimate of drug-likeness (QED) is 0.663. The average Bonchev–Trinajstić information content (AvgIpc) is 2.61. The summed E-state index contributed by atoms with van der Waals surface area (Å²) in [4.78, 5) is 7.06. The minimum absolute atomic E-state index is 0.786. The number of benzene rings is 1. The zero-order chi connectivity index (χ0) is 10.4. The van der Waals surface area contributed by atoms with Crippen LogP contribution in [0.5, 0.6) is 0 Å². The van der Waals surface area contributed by atoms with E-state index >= 15 is 0 Å². The summed E-state index contributed by atoms with van der Waals surface area (Å²) in [5, 5.41) is 0.786. The van der Waals surface area contributed by atoms with Gasteiger partial charge in [-0.25, -0.2) is 4.99 Å². The third-order valence-corrected chi connectivity index (χ3v) is 4.11. The molecular weight excluding hydrogens is 322 g/mol. The molecule has 0 spiro atoms. The molecule has 1 saturated heterocycles. The van der Waals surface area contributed by atoms with Crippen LogP contribution in [0.15, 0.2) is 17.1 Å². The van der Waals surface area contributed by atoms with E-state index in [1.54, 1.807) is 0 Å². The molecule has 2 aliphatic heterocycles. The van der Waals surface area contributed by atoms with Gasteiger partial charge in [-0.15, -0.1) is 0 Å².